The highest BCUT2D eigenvalue weighted by Gasteiger charge is 2.29. The first-order chi connectivity index (χ1) is 7.66. The zero-order chi connectivity index (χ0) is 11.5. The van der Waals surface area contributed by atoms with Crippen molar-refractivity contribution >= 4 is 0 Å². The second-order valence-corrected chi connectivity index (χ2v) is 5.85. The molecule has 2 aliphatic heterocycles. The smallest absolute Gasteiger partial charge is 0.0235 e. The molecule has 2 N–H and O–H groups in total. The molecule has 0 radical (unpaired) electrons. The standard InChI is InChI=1S/C13H27N3/c1-11(2)13(14)10-15-8-5-12(9-15)16-6-3-4-7-16/h11-13H,3-10,14H2,1-2H3. The average molecular weight is 225 g/mol. The van der Waals surface area contributed by atoms with Gasteiger partial charge < -0.3 is 10.6 Å². The summed E-state index contributed by atoms with van der Waals surface area (Å²) in [6.07, 6.45) is 4.16. The van der Waals surface area contributed by atoms with Crippen LogP contribution in [0.3, 0.4) is 0 Å². The van der Waals surface area contributed by atoms with E-state index >= 15 is 0 Å². The summed E-state index contributed by atoms with van der Waals surface area (Å²) in [5.74, 6) is 0.603. The highest BCUT2D eigenvalue weighted by molar-refractivity contribution is 4.87. The number of hydrogen-bond donors (Lipinski definition) is 1. The Hall–Kier alpha value is -0.120. The fraction of sp³-hybridized carbons (Fsp3) is 1.00. The van der Waals surface area contributed by atoms with E-state index in [0.717, 1.165) is 12.6 Å². The van der Waals surface area contributed by atoms with E-state index < -0.39 is 0 Å². The third-order valence-corrected chi connectivity index (χ3v) is 4.23. The first-order valence-electron chi connectivity index (χ1n) is 6.89. The van der Waals surface area contributed by atoms with E-state index in [-0.39, 0.29) is 0 Å². The van der Waals surface area contributed by atoms with Gasteiger partial charge in [-0.25, -0.2) is 0 Å². The van der Waals surface area contributed by atoms with Gasteiger partial charge in [-0.15, -0.1) is 0 Å². The monoisotopic (exact) mass is 225 g/mol. The largest absolute Gasteiger partial charge is 0.326 e. The van der Waals surface area contributed by atoms with E-state index in [9.17, 15) is 0 Å². The Bertz CT molecular complexity index is 211. The van der Waals surface area contributed by atoms with Crippen molar-refractivity contribution in [1.82, 2.24) is 9.80 Å². The Morgan fingerprint density at radius 3 is 2.50 bits per heavy atom. The minimum atomic E-state index is 0.345. The highest BCUT2D eigenvalue weighted by atomic mass is 15.3. The first-order valence-corrected chi connectivity index (χ1v) is 6.89. The highest BCUT2D eigenvalue weighted by Crippen LogP contribution is 2.20. The van der Waals surface area contributed by atoms with Crippen LogP contribution in [0.5, 0.6) is 0 Å². The van der Waals surface area contributed by atoms with Gasteiger partial charge in [-0.1, -0.05) is 13.8 Å². The van der Waals surface area contributed by atoms with Crippen molar-refractivity contribution in [1.29, 1.82) is 0 Å². The molecule has 2 fully saturated rings. The average Bonchev–Trinajstić information content (AvgIpc) is 2.85. The van der Waals surface area contributed by atoms with Crippen molar-refractivity contribution in [3.63, 3.8) is 0 Å². The van der Waals surface area contributed by atoms with Crippen LogP contribution in [-0.2, 0) is 0 Å². The molecule has 0 bridgehead atoms. The Kier molecular flexibility index (Phi) is 4.22. The van der Waals surface area contributed by atoms with Crippen LogP contribution in [0.15, 0.2) is 0 Å². The van der Waals surface area contributed by atoms with Crippen LogP contribution in [0, 0.1) is 5.92 Å². The van der Waals surface area contributed by atoms with Gasteiger partial charge in [0.2, 0.25) is 0 Å². The van der Waals surface area contributed by atoms with Gasteiger partial charge in [-0.05, 0) is 44.8 Å². The van der Waals surface area contributed by atoms with E-state index in [1.165, 1.54) is 45.4 Å². The molecule has 3 heteroatoms. The van der Waals surface area contributed by atoms with Crippen LogP contribution in [-0.4, -0.2) is 54.6 Å². The number of hydrogen-bond acceptors (Lipinski definition) is 3. The van der Waals surface area contributed by atoms with Gasteiger partial charge >= 0.3 is 0 Å². The number of nitrogens with two attached hydrogens (primary N) is 1. The van der Waals surface area contributed by atoms with Gasteiger partial charge in [0.1, 0.15) is 0 Å². The maximum Gasteiger partial charge on any atom is 0.0235 e. The summed E-state index contributed by atoms with van der Waals surface area (Å²) in [5, 5.41) is 0. The van der Waals surface area contributed by atoms with Gasteiger partial charge in [-0.2, -0.15) is 0 Å². The molecule has 0 amide bonds. The molecular formula is C13H27N3. The molecular weight excluding hydrogens is 198 g/mol. The van der Waals surface area contributed by atoms with E-state index in [0.29, 0.717) is 12.0 Å². The fourth-order valence-electron chi connectivity index (χ4n) is 2.89. The molecule has 94 valence electrons. The third kappa shape index (κ3) is 2.96. The van der Waals surface area contributed by atoms with Gasteiger partial charge in [0.25, 0.3) is 0 Å². The minimum Gasteiger partial charge on any atom is -0.326 e. The Labute approximate surface area is 100.0 Å². The Morgan fingerprint density at radius 2 is 1.88 bits per heavy atom. The lowest BCUT2D eigenvalue weighted by Crippen LogP contribution is -2.41. The number of nitrogens with zero attached hydrogens (tertiary/aromatic N) is 2. The lowest BCUT2D eigenvalue weighted by Gasteiger charge is -2.26. The molecule has 16 heavy (non-hydrogen) atoms. The molecule has 0 aliphatic carbocycles. The second kappa shape index (κ2) is 5.48. The third-order valence-electron chi connectivity index (χ3n) is 4.23. The first kappa shape index (κ1) is 12.3. The van der Waals surface area contributed by atoms with Gasteiger partial charge in [0, 0.05) is 25.2 Å². The zero-order valence-corrected chi connectivity index (χ0v) is 10.9. The summed E-state index contributed by atoms with van der Waals surface area (Å²) in [6.45, 7) is 10.7. The maximum atomic E-state index is 6.14. The van der Waals surface area contributed by atoms with Crippen molar-refractivity contribution in [2.24, 2.45) is 11.7 Å². The Balaban J connectivity index is 1.74. The molecule has 0 aromatic heterocycles. The normalized spacial score (nSPS) is 30.4. The number of likely N-dealkylation sites (tertiary alicyclic amines) is 2. The van der Waals surface area contributed by atoms with Crippen molar-refractivity contribution in [2.75, 3.05) is 32.7 Å². The summed E-state index contributed by atoms with van der Waals surface area (Å²) in [6, 6.07) is 1.17. The molecule has 0 saturated carbocycles. The van der Waals surface area contributed by atoms with Crippen molar-refractivity contribution < 1.29 is 0 Å². The van der Waals surface area contributed by atoms with Crippen LogP contribution in [0.2, 0.25) is 0 Å². The molecule has 2 heterocycles. The summed E-state index contributed by atoms with van der Waals surface area (Å²) < 4.78 is 0. The van der Waals surface area contributed by atoms with E-state index in [2.05, 4.69) is 23.6 Å². The lowest BCUT2D eigenvalue weighted by molar-refractivity contribution is 0.222. The predicted octanol–water partition coefficient (Wildman–Crippen LogP) is 1.14. The molecule has 2 rings (SSSR count). The summed E-state index contributed by atoms with van der Waals surface area (Å²) in [5.41, 5.74) is 6.14. The van der Waals surface area contributed by atoms with Gasteiger partial charge in [-0.3, -0.25) is 4.90 Å². The van der Waals surface area contributed by atoms with E-state index in [1.54, 1.807) is 0 Å². The summed E-state index contributed by atoms with van der Waals surface area (Å²) >= 11 is 0. The van der Waals surface area contributed by atoms with Gasteiger partial charge in [0.05, 0.1) is 0 Å². The molecule has 0 aromatic carbocycles. The summed E-state index contributed by atoms with van der Waals surface area (Å²) in [4.78, 5) is 5.24. The van der Waals surface area contributed by atoms with Crippen LogP contribution >= 0.6 is 0 Å². The molecule has 0 spiro atoms. The van der Waals surface area contributed by atoms with Crippen molar-refractivity contribution in [2.45, 2.75) is 45.2 Å². The fourth-order valence-corrected chi connectivity index (χ4v) is 2.89. The van der Waals surface area contributed by atoms with Crippen LogP contribution in [0.4, 0.5) is 0 Å². The Morgan fingerprint density at radius 1 is 1.19 bits per heavy atom. The van der Waals surface area contributed by atoms with E-state index in [4.69, 9.17) is 5.73 Å². The van der Waals surface area contributed by atoms with Crippen molar-refractivity contribution in [3.8, 4) is 0 Å². The second-order valence-electron chi connectivity index (χ2n) is 5.85. The SMILES string of the molecule is CC(C)C(N)CN1CCC(N2CCCC2)C1. The quantitative estimate of drug-likeness (QED) is 0.779. The van der Waals surface area contributed by atoms with E-state index in [1.807, 2.05) is 0 Å². The molecule has 3 nitrogen and oxygen atoms in total. The molecule has 2 saturated heterocycles. The topological polar surface area (TPSA) is 32.5 Å². The molecule has 0 aromatic rings. The van der Waals surface area contributed by atoms with Gasteiger partial charge in [0.15, 0.2) is 0 Å². The molecule has 2 aliphatic rings. The minimum absolute atomic E-state index is 0.345. The number of rotatable bonds is 4. The van der Waals surface area contributed by atoms with Crippen LogP contribution < -0.4 is 5.73 Å². The predicted molar refractivity (Wildman–Crippen MR) is 68.5 cm³/mol. The molecule has 2 atom stereocenters. The maximum absolute atomic E-state index is 6.14. The van der Waals surface area contributed by atoms with Crippen LogP contribution in [0.1, 0.15) is 33.1 Å². The zero-order valence-electron chi connectivity index (χ0n) is 10.9. The molecule has 2 unspecified atom stereocenters. The van der Waals surface area contributed by atoms with Crippen molar-refractivity contribution in [3.05, 3.63) is 0 Å². The lowest BCUT2D eigenvalue weighted by atomic mass is 10.1. The summed E-state index contributed by atoms with van der Waals surface area (Å²) in [7, 11) is 0. The van der Waals surface area contributed by atoms with Crippen LogP contribution in [0.25, 0.3) is 0 Å².